The summed E-state index contributed by atoms with van der Waals surface area (Å²) in [6, 6.07) is 9.33. The molecule has 0 aliphatic heterocycles. The average molecular weight is 271 g/mol. The van der Waals surface area contributed by atoms with Gasteiger partial charge in [-0.3, -0.25) is 0 Å². The lowest BCUT2D eigenvalue weighted by atomic mass is 9.90. The van der Waals surface area contributed by atoms with E-state index in [1.165, 1.54) is 41.8 Å². The molecule has 1 aliphatic carbocycles. The summed E-state index contributed by atoms with van der Waals surface area (Å²) in [6.07, 6.45) is 5.15. The third kappa shape index (κ3) is 2.55. The van der Waals surface area contributed by atoms with E-state index in [0.29, 0.717) is 6.04 Å². The Balaban J connectivity index is 1.86. The maximum Gasteiger partial charge on any atom is 0.0581 e. The van der Waals surface area contributed by atoms with Gasteiger partial charge in [0, 0.05) is 10.6 Å². The Hall–Kier alpha value is -1.28. The van der Waals surface area contributed by atoms with E-state index < -0.39 is 0 Å². The number of hydrogen-bond acceptors (Lipinski definition) is 2. The number of rotatable bonds is 3. The first-order valence-corrected chi connectivity index (χ1v) is 8.05. The third-order valence-electron chi connectivity index (χ3n) is 4.06. The Kier molecular flexibility index (Phi) is 3.61. The zero-order valence-electron chi connectivity index (χ0n) is 11.7. The highest BCUT2D eigenvalue weighted by atomic mass is 32.1. The van der Waals surface area contributed by atoms with Crippen LogP contribution in [-0.4, -0.2) is 0 Å². The first-order chi connectivity index (χ1) is 9.25. The Morgan fingerprint density at radius 2 is 2.00 bits per heavy atom. The van der Waals surface area contributed by atoms with Gasteiger partial charge >= 0.3 is 0 Å². The van der Waals surface area contributed by atoms with Crippen molar-refractivity contribution in [1.29, 1.82) is 0 Å². The van der Waals surface area contributed by atoms with Gasteiger partial charge in [0.25, 0.3) is 0 Å². The topological polar surface area (TPSA) is 12.0 Å². The molecular weight excluding hydrogens is 250 g/mol. The molecule has 1 N–H and O–H groups in total. The molecular formula is C17H21NS. The van der Waals surface area contributed by atoms with E-state index in [1.54, 1.807) is 11.1 Å². The highest BCUT2D eigenvalue weighted by Gasteiger charge is 2.15. The van der Waals surface area contributed by atoms with Crippen molar-refractivity contribution in [2.75, 3.05) is 5.32 Å². The predicted octanol–water partition coefficient (Wildman–Crippen LogP) is 5.11. The first kappa shape index (κ1) is 12.7. The fraction of sp³-hybridized carbons (Fsp3) is 0.412. The molecule has 1 atom stereocenters. The minimum atomic E-state index is 0.397. The molecule has 100 valence electrons. The van der Waals surface area contributed by atoms with Gasteiger partial charge in [0.05, 0.1) is 6.04 Å². The van der Waals surface area contributed by atoms with Crippen LogP contribution >= 0.6 is 11.3 Å². The molecule has 3 rings (SSSR count). The van der Waals surface area contributed by atoms with Crippen LogP contribution in [0.25, 0.3) is 0 Å². The summed E-state index contributed by atoms with van der Waals surface area (Å²) in [5.41, 5.74) is 5.84. The lowest BCUT2D eigenvalue weighted by molar-refractivity contribution is 0.685. The van der Waals surface area contributed by atoms with E-state index in [2.05, 4.69) is 48.8 Å². The second-order valence-electron chi connectivity index (χ2n) is 5.48. The van der Waals surface area contributed by atoms with Crippen molar-refractivity contribution >= 4 is 17.0 Å². The molecule has 19 heavy (non-hydrogen) atoms. The zero-order chi connectivity index (χ0) is 13.2. The van der Waals surface area contributed by atoms with Gasteiger partial charge in [0.1, 0.15) is 0 Å². The Morgan fingerprint density at radius 1 is 1.16 bits per heavy atom. The Morgan fingerprint density at radius 3 is 2.79 bits per heavy atom. The molecule has 0 spiro atoms. The maximum atomic E-state index is 3.72. The van der Waals surface area contributed by atoms with Crippen LogP contribution in [0.3, 0.4) is 0 Å². The van der Waals surface area contributed by atoms with Crippen molar-refractivity contribution < 1.29 is 0 Å². The summed E-state index contributed by atoms with van der Waals surface area (Å²) in [5, 5.41) is 5.91. The number of nitrogens with one attached hydrogen (secondary N) is 1. The second-order valence-corrected chi connectivity index (χ2v) is 6.43. The van der Waals surface area contributed by atoms with Gasteiger partial charge in [0.2, 0.25) is 0 Å². The SMILES string of the molecule is Cc1ccsc1C(C)Nc1cccc2c1CCCC2. The number of anilines is 1. The van der Waals surface area contributed by atoms with Crippen LogP contribution in [0.4, 0.5) is 5.69 Å². The average Bonchev–Trinajstić information content (AvgIpc) is 2.85. The molecule has 1 unspecified atom stereocenters. The number of benzene rings is 1. The second kappa shape index (κ2) is 5.38. The third-order valence-corrected chi connectivity index (χ3v) is 5.26. The van der Waals surface area contributed by atoms with Crippen molar-refractivity contribution in [3.8, 4) is 0 Å². The highest BCUT2D eigenvalue weighted by molar-refractivity contribution is 7.10. The van der Waals surface area contributed by atoms with Crippen LogP contribution in [0.15, 0.2) is 29.6 Å². The van der Waals surface area contributed by atoms with Gasteiger partial charge in [-0.2, -0.15) is 0 Å². The quantitative estimate of drug-likeness (QED) is 0.818. The molecule has 1 heterocycles. The van der Waals surface area contributed by atoms with Crippen LogP contribution in [0.2, 0.25) is 0 Å². The molecule has 1 aliphatic rings. The Labute approximate surface area is 119 Å². The standard InChI is InChI=1S/C17H21NS/c1-12-10-11-19-17(12)13(2)18-16-9-5-7-14-6-3-4-8-15(14)16/h5,7,9-11,13,18H,3-4,6,8H2,1-2H3. The first-order valence-electron chi connectivity index (χ1n) is 7.17. The summed E-state index contributed by atoms with van der Waals surface area (Å²) in [4.78, 5) is 1.45. The molecule has 1 aromatic heterocycles. The number of fused-ring (bicyclic) bond motifs is 1. The lowest BCUT2D eigenvalue weighted by Gasteiger charge is -2.23. The smallest absolute Gasteiger partial charge is 0.0581 e. The van der Waals surface area contributed by atoms with Crippen molar-refractivity contribution in [3.63, 3.8) is 0 Å². The molecule has 1 nitrogen and oxygen atoms in total. The summed E-state index contributed by atoms with van der Waals surface area (Å²) in [7, 11) is 0. The maximum absolute atomic E-state index is 3.72. The lowest BCUT2D eigenvalue weighted by Crippen LogP contribution is -2.11. The Bertz CT molecular complexity index is 570. The summed E-state index contributed by atoms with van der Waals surface area (Å²) < 4.78 is 0. The molecule has 0 bridgehead atoms. The molecule has 1 aromatic carbocycles. The molecule has 2 heteroatoms. The van der Waals surface area contributed by atoms with Crippen LogP contribution in [0.5, 0.6) is 0 Å². The fourth-order valence-corrected chi connectivity index (χ4v) is 3.98. The summed E-state index contributed by atoms with van der Waals surface area (Å²) in [6.45, 7) is 4.46. The largest absolute Gasteiger partial charge is 0.377 e. The van der Waals surface area contributed by atoms with E-state index >= 15 is 0 Å². The van der Waals surface area contributed by atoms with E-state index in [-0.39, 0.29) is 0 Å². The minimum absolute atomic E-state index is 0.397. The van der Waals surface area contributed by atoms with Crippen molar-refractivity contribution in [2.45, 2.75) is 45.6 Å². The number of aryl methyl sites for hydroxylation is 2. The van der Waals surface area contributed by atoms with Gasteiger partial charge in [-0.05, 0) is 73.7 Å². The highest BCUT2D eigenvalue weighted by Crippen LogP contribution is 2.32. The normalized spacial score (nSPS) is 15.9. The molecule has 0 saturated carbocycles. The summed E-state index contributed by atoms with van der Waals surface area (Å²) in [5.74, 6) is 0. The number of thiophene rings is 1. The van der Waals surface area contributed by atoms with Gasteiger partial charge in [-0.25, -0.2) is 0 Å². The van der Waals surface area contributed by atoms with E-state index in [4.69, 9.17) is 0 Å². The molecule has 2 aromatic rings. The van der Waals surface area contributed by atoms with Gasteiger partial charge in [-0.15, -0.1) is 11.3 Å². The van der Waals surface area contributed by atoms with E-state index in [9.17, 15) is 0 Å². The fourth-order valence-electron chi connectivity index (χ4n) is 3.04. The predicted molar refractivity (Wildman–Crippen MR) is 84.2 cm³/mol. The van der Waals surface area contributed by atoms with E-state index in [0.717, 1.165) is 0 Å². The zero-order valence-corrected chi connectivity index (χ0v) is 12.5. The van der Waals surface area contributed by atoms with E-state index in [1.807, 2.05) is 11.3 Å². The van der Waals surface area contributed by atoms with Crippen molar-refractivity contribution in [1.82, 2.24) is 0 Å². The number of hydrogen-bond donors (Lipinski definition) is 1. The van der Waals surface area contributed by atoms with Gasteiger partial charge in [-0.1, -0.05) is 12.1 Å². The van der Waals surface area contributed by atoms with Crippen LogP contribution in [0, 0.1) is 6.92 Å². The monoisotopic (exact) mass is 271 g/mol. The van der Waals surface area contributed by atoms with Crippen molar-refractivity contribution in [2.24, 2.45) is 0 Å². The van der Waals surface area contributed by atoms with Crippen LogP contribution in [-0.2, 0) is 12.8 Å². The van der Waals surface area contributed by atoms with Crippen molar-refractivity contribution in [3.05, 3.63) is 51.2 Å². The van der Waals surface area contributed by atoms with Gasteiger partial charge < -0.3 is 5.32 Å². The minimum Gasteiger partial charge on any atom is -0.377 e. The molecule has 0 amide bonds. The van der Waals surface area contributed by atoms with Crippen LogP contribution in [0.1, 0.15) is 47.4 Å². The molecule has 0 fully saturated rings. The summed E-state index contributed by atoms with van der Waals surface area (Å²) >= 11 is 1.85. The molecule has 0 radical (unpaired) electrons. The molecule has 0 saturated heterocycles. The van der Waals surface area contributed by atoms with Gasteiger partial charge in [0.15, 0.2) is 0 Å². The van der Waals surface area contributed by atoms with Crippen LogP contribution < -0.4 is 5.32 Å².